The molecule has 0 atom stereocenters. The van der Waals surface area contributed by atoms with Crippen LogP contribution in [0.1, 0.15) is 0 Å². The highest BCUT2D eigenvalue weighted by atomic mass is 35.5. The molecule has 2 heterocycles. The molecule has 0 aliphatic carbocycles. The quantitative estimate of drug-likeness (QED) is 0.361. The summed E-state index contributed by atoms with van der Waals surface area (Å²) in [5, 5.41) is 2.64. The second kappa shape index (κ2) is 6.22. The first-order chi connectivity index (χ1) is 13.2. The molecule has 5 aromatic rings. The van der Waals surface area contributed by atoms with Gasteiger partial charge in [0.25, 0.3) is 0 Å². The molecule has 27 heavy (non-hydrogen) atoms. The van der Waals surface area contributed by atoms with Gasteiger partial charge in [-0.05, 0) is 47.5 Å². The van der Waals surface area contributed by atoms with Gasteiger partial charge in [0.05, 0.1) is 11.2 Å². The lowest BCUT2D eigenvalue weighted by molar-refractivity contribution is 0.629. The third kappa shape index (κ3) is 2.77. The molecule has 0 unspecified atom stereocenters. The maximum absolute atomic E-state index is 13.7. The predicted octanol–water partition coefficient (Wildman–Crippen LogP) is 6.84. The number of fused-ring (bicyclic) bond motifs is 3. The number of rotatable bonds is 2. The average molecular weight is 373 g/mol. The minimum absolute atomic E-state index is 0.270. The smallest absolute Gasteiger partial charge is 0.139 e. The third-order valence-electron chi connectivity index (χ3n) is 4.75. The lowest BCUT2D eigenvalue weighted by Crippen LogP contribution is -1.88. The Labute approximate surface area is 160 Å². The zero-order valence-corrected chi connectivity index (χ0v) is 15.0. The minimum Gasteiger partial charge on any atom is -0.339 e. The van der Waals surface area contributed by atoms with E-state index in [-0.39, 0.29) is 5.82 Å². The molecule has 0 amide bonds. The van der Waals surface area contributed by atoms with Crippen LogP contribution in [0.25, 0.3) is 44.3 Å². The van der Waals surface area contributed by atoms with E-state index in [0.717, 1.165) is 44.3 Å². The molecule has 4 heteroatoms. The number of nitrogens with one attached hydrogen (secondary N) is 1. The van der Waals surface area contributed by atoms with Crippen molar-refractivity contribution in [3.63, 3.8) is 0 Å². The molecule has 130 valence electrons. The maximum Gasteiger partial charge on any atom is 0.139 e. The summed E-state index contributed by atoms with van der Waals surface area (Å²) in [7, 11) is 0. The van der Waals surface area contributed by atoms with E-state index in [1.54, 1.807) is 6.07 Å². The molecule has 3 aromatic carbocycles. The van der Waals surface area contributed by atoms with E-state index in [1.807, 2.05) is 42.5 Å². The highest BCUT2D eigenvalue weighted by Gasteiger charge is 2.15. The zero-order valence-electron chi connectivity index (χ0n) is 14.2. The van der Waals surface area contributed by atoms with Gasteiger partial charge in [0.15, 0.2) is 0 Å². The number of aromatic amines is 1. The fourth-order valence-electron chi connectivity index (χ4n) is 3.49. The van der Waals surface area contributed by atoms with Gasteiger partial charge in [0.1, 0.15) is 11.5 Å². The van der Waals surface area contributed by atoms with Gasteiger partial charge in [-0.3, -0.25) is 0 Å². The molecule has 1 N–H and O–H groups in total. The van der Waals surface area contributed by atoms with Crippen LogP contribution in [0.2, 0.25) is 5.02 Å². The zero-order chi connectivity index (χ0) is 18.4. The first-order valence-electron chi connectivity index (χ1n) is 8.62. The summed E-state index contributed by atoms with van der Waals surface area (Å²) in [6.45, 7) is 0. The van der Waals surface area contributed by atoms with Crippen LogP contribution in [0.4, 0.5) is 4.39 Å². The Morgan fingerprint density at radius 2 is 1.59 bits per heavy atom. The normalized spacial score (nSPS) is 11.3. The first-order valence-corrected chi connectivity index (χ1v) is 9.00. The van der Waals surface area contributed by atoms with E-state index in [0.29, 0.717) is 5.02 Å². The third-order valence-corrected chi connectivity index (χ3v) is 5.00. The SMILES string of the molecule is Fc1ccc2c(c1)[nH]c1nc(-c3ccc(Cl)cc3)cc(-c3ccccc3)c12. The summed E-state index contributed by atoms with van der Waals surface area (Å²) in [5.74, 6) is -0.270. The van der Waals surface area contributed by atoms with Crippen LogP contribution in [0.5, 0.6) is 0 Å². The average Bonchev–Trinajstić information content (AvgIpc) is 3.05. The fourth-order valence-corrected chi connectivity index (χ4v) is 3.61. The van der Waals surface area contributed by atoms with Crippen LogP contribution >= 0.6 is 11.6 Å². The Morgan fingerprint density at radius 3 is 2.37 bits per heavy atom. The molecule has 0 aliphatic rings. The summed E-state index contributed by atoms with van der Waals surface area (Å²) in [6.07, 6.45) is 0. The van der Waals surface area contributed by atoms with Crippen LogP contribution in [0.3, 0.4) is 0 Å². The monoisotopic (exact) mass is 372 g/mol. The molecule has 0 aliphatic heterocycles. The van der Waals surface area contributed by atoms with E-state index >= 15 is 0 Å². The lowest BCUT2D eigenvalue weighted by Gasteiger charge is -2.08. The van der Waals surface area contributed by atoms with Crippen molar-refractivity contribution in [2.24, 2.45) is 0 Å². The number of aromatic nitrogens is 2. The van der Waals surface area contributed by atoms with Gasteiger partial charge >= 0.3 is 0 Å². The Kier molecular flexibility index (Phi) is 3.69. The number of nitrogens with zero attached hydrogens (tertiary/aromatic N) is 1. The Balaban J connectivity index is 1.87. The first kappa shape index (κ1) is 16.0. The van der Waals surface area contributed by atoms with Crippen molar-refractivity contribution >= 4 is 33.5 Å². The summed E-state index contributed by atoms with van der Waals surface area (Å²) in [4.78, 5) is 8.08. The Hall–Kier alpha value is -3.17. The van der Waals surface area contributed by atoms with Crippen molar-refractivity contribution in [3.8, 4) is 22.4 Å². The van der Waals surface area contributed by atoms with Crippen LogP contribution in [0, 0.1) is 5.82 Å². The minimum atomic E-state index is -0.270. The van der Waals surface area contributed by atoms with E-state index in [2.05, 4.69) is 23.2 Å². The number of hydrogen-bond acceptors (Lipinski definition) is 1. The summed E-state index contributed by atoms with van der Waals surface area (Å²) in [5.41, 5.74) is 5.44. The van der Waals surface area contributed by atoms with Gasteiger partial charge in [-0.2, -0.15) is 0 Å². The molecule has 0 spiro atoms. The molecule has 0 saturated carbocycles. The van der Waals surface area contributed by atoms with E-state index in [9.17, 15) is 4.39 Å². The maximum atomic E-state index is 13.7. The highest BCUT2D eigenvalue weighted by molar-refractivity contribution is 6.30. The number of hydrogen-bond donors (Lipinski definition) is 1. The number of halogens is 2. The van der Waals surface area contributed by atoms with Gasteiger partial charge in [0.2, 0.25) is 0 Å². The van der Waals surface area contributed by atoms with Crippen LogP contribution in [0.15, 0.2) is 78.9 Å². The molecule has 0 radical (unpaired) electrons. The summed E-state index contributed by atoms with van der Waals surface area (Å²) >= 11 is 6.03. The predicted molar refractivity (Wildman–Crippen MR) is 109 cm³/mol. The number of H-pyrrole nitrogens is 1. The van der Waals surface area contributed by atoms with E-state index in [1.165, 1.54) is 12.1 Å². The van der Waals surface area contributed by atoms with Crippen molar-refractivity contribution in [2.45, 2.75) is 0 Å². The molecule has 2 aromatic heterocycles. The molecular formula is C23H14ClFN2. The summed E-state index contributed by atoms with van der Waals surface area (Å²) in [6, 6.07) is 24.6. The van der Waals surface area contributed by atoms with Gasteiger partial charge in [-0.15, -0.1) is 0 Å². The molecule has 0 fully saturated rings. The molecule has 0 saturated heterocycles. The van der Waals surface area contributed by atoms with Crippen LogP contribution < -0.4 is 0 Å². The lowest BCUT2D eigenvalue weighted by atomic mass is 9.98. The van der Waals surface area contributed by atoms with E-state index < -0.39 is 0 Å². The van der Waals surface area contributed by atoms with Crippen LogP contribution in [-0.2, 0) is 0 Å². The van der Waals surface area contributed by atoms with Crippen molar-refractivity contribution in [1.29, 1.82) is 0 Å². The molecule has 5 rings (SSSR count). The Morgan fingerprint density at radius 1 is 0.815 bits per heavy atom. The van der Waals surface area contributed by atoms with Crippen molar-refractivity contribution in [1.82, 2.24) is 9.97 Å². The second-order valence-electron chi connectivity index (χ2n) is 6.47. The van der Waals surface area contributed by atoms with Crippen molar-refractivity contribution < 1.29 is 4.39 Å². The second-order valence-corrected chi connectivity index (χ2v) is 6.90. The van der Waals surface area contributed by atoms with Crippen molar-refractivity contribution in [2.75, 3.05) is 0 Å². The number of pyridine rings is 1. The van der Waals surface area contributed by atoms with Crippen molar-refractivity contribution in [3.05, 3.63) is 89.7 Å². The topological polar surface area (TPSA) is 28.7 Å². The molecular weight excluding hydrogens is 359 g/mol. The summed E-state index contributed by atoms with van der Waals surface area (Å²) < 4.78 is 13.7. The molecule has 2 nitrogen and oxygen atoms in total. The van der Waals surface area contributed by atoms with Gasteiger partial charge < -0.3 is 4.98 Å². The van der Waals surface area contributed by atoms with Gasteiger partial charge in [-0.1, -0.05) is 54.1 Å². The van der Waals surface area contributed by atoms with Crippen LogP contribution in [-0.4, -0.2) is 9.97 Å². The Bertz CT molecular complexity index is 1280. The largest absolute Gasteiger partial charge is 0.339 e. The van der Waals surface area contributed by atoms with Gasteiger partial charge in [0, 0.05) is 21.4 Å². The molecule has 0 bridgehead atoms. The van der Waals surface area contributed by atoms with Gasteiger partial charge in [-0.25, -0.2) is 9.37 Å². The fraction of sp³-hybridized carbons (Fsp3) is 0. The standard InChI is InChI=1S/C23H14ClFN2/c24-16-8-6-15(7-9-16)20-13-19(14-4-2-1-3-5-14)22-18-11-10-17(25)12-21(18)27-23(22)26-20/h1-13H,(H,26,27). The van der Waals surface area contributed by atoms with E-state index in [4.69, 9.17) is 16.6 Å². The highest BCUT2D eigenvalue weighted by Crippen LogP contribution is 2.36. The number of benzene rings is 3.